The number of halogens is 1. The SMILES string of the molecule is Cc1cn(C)c(=O)c(N(C(=O)NCCC(=O)O)c2ccc(F)c(-c3ccccc3)c2)c1O. The van der Waals surface area contributed by atoms with E-state index in [0.29, 0.717) is 11.1 Å². The zero-order valence-electron chi connectivity index (χ0n) is 17.5. The lowest BCUT2D eigenvalue weighted by Crippen LogP contribution is -2.41. The van der Waals surface area contributed by atoms with E-state index >= 15 is 0 Å². The molecule has 0 unspecified atom stereocenters. The minimum Gasteiger partial charge on any atom is -0.505 e. The first-order valence-corrected chi connectivity index (χ1v) is 9.74. The highest BCUT2D eigenvalue weighted by Crippen LogP contribution is 2.35. The smallest absolute Gasteiger partial charge is 0.326 e. The summed E-state index contributed by atoms with van der Waals surface area (Å²) in [7, 11) is 1.47. The number of carbonyl (C=O) groups is 2. The largest absolute Gasteiger partial charge is 0.505 e. The summed E-state index contributed by atoms with van der Waals surface area (Å²) in [6, 6.07) is 11.7. The number of hydrogen-bond donors (Lipinski definition) is 3. The molecule has 2 amide bonds. The van der Waals surface area contributed by atoms with Crippen molar-refractivity contribution in [2.45, 2.75) is 13.3 Å². The van der Waals surface area contributed by atoms with Gasteiger partial charge in [-0.25, -0.2) is 9.18 Å². The average molecular weight is 439 g/mol. The van der Waals surface area contributed by atoms with Gasteiger partial charge in [-0.15, -0.1) is 0 Å². The van der Waals surface area contributed by atoms with E-state index in [0.717, 1.165) is 11.0 Å². The zero-order valence-corrected chi connectivity index (χ0v) is 17.5. The number of amides is 2. The Labute approximate surface area is 183 Å². The predicted molar refractivity (Wildman–Crippen MR) is 118 cm³/mol. The fourth-order valence-electron chi connectivity index (χ4n) is 3.26. The molecular formula is C23H22FN3O5. The third-order valence-corrected chi connectivity index (χ3v) is 4.84. The summed E-state index contributed by atoms with van der Waals surface area (Å²) < 4.78 is 15.8. The number of aromatic nitrogens is 1. The molecule has 166 valence electrons. The lowest BCUT2D eigenvalue weighted by molar-refractivity contribution is -0.136. The fourth-order valence-corrected chi connectivity index (χ4v) is 3.26. The number of nitrogens with zero attached hydrogens (tertiary/aromatic N) is 2. The second-order valence-corrected chi connectivity index (χ2v) is 7.17. The van der Waals surface area contributed by atoms with Crippen LogP contribution >= 0.6 is 0 Å². The molecule has 0 fully saturated rings. The van der Waals surface area contributed by atoms with Crippen LogP contribution < -0.4 is 15.8 Å². The number of aryl methyl sites for hydroxylation is 2. The summed E-state index contributed by atoms with van der Waals surface area (Å²) in [5.74, 6) is -2.06. The number of rotatable bonds is 6. The van der Waals surface area contributed by atoms with E-state index in [2.05, 4.69) is 5.32 Å². The van der Waals surface area contributed by atoms with Crippen molar-refractivity contribution < 1.29 is 24.2 Å². The number of benzene rings is 2. The maximum atomic E-state index is 14.6. The van der Waals surface area contributed by atoms with Crippen molar-refractivity contribution in [1.82, 2.24) is 9.88 Å². The molecule has 1 heterocycles. The highest BCUT2D eigenvalue weighted by atomic mass is 19.1. The Morgan fingerprint density at radius 3 is 2.50 bits per heavy atom. The minimum absolute atomic E-state index is 0.121. The van der Waals surface area contributed by atoms with Gasteiger partial charge in [0.15, 0.2) is 5.69 Å². The molecule has 3 N–H and O–H groups in total. The van der Waals surface area contributed by atoms with E-state index in [9.17, 15) is 23.9 Å². The van der Waals surface area contributed by atoms with Gasteiger partial charge in [-0.1, -0.05) is 30.3 Å². The Hall–Kier alpha value is -4.14. The predicted octanol–water partition coefficient (Wildman–Crippen LogP) is 3.53. The number of nitrogens with one attached hydrogen (secondary N) is 1. The lowest BCUT2D eigenvalue weighted by atomic mass is 10.0. The summed E-state index contributed by atoms with van der Waals surface area (Å²) >= 11 is 0. The highest BCUT2D eigenvalue weighted by molar-refractivity contribution is 6.01. The molecule has 0 saturated heterocycles. The molecule has 0 aliphatic rings. The van der Waals surface area contributed by atoms with Crippen LogP contribution in [0.1, 0.15) is 12.0 Å². The number of carbonyl (C=O) groups excluding carboxylic acids is 1. The first-order chi connectivity index (χ1) is 15.2. The quantitative estimate of drug-likeness (QED) is 0.544. The van der Waals surface area contributed by atoms with E-state index < -0.39 is 29.1 Å². The van der Waals surface area contributed by atoms with Gasteiger partial charge in [0.05, 0.1) is 12.1 Å². The molecule has 8 nitrogen and oxygen atoms in total. The van der Waals surface area contributed by atoms with E-state index in [1.807, 2.05) is 0 Å². The van der Waals surface area contributed by atoms with E-state index in [-0.39, 0.29) is 29.9 Å². The summed E-state index contributed by atoms with van der Waals surface area (Å²) in [5, 5.41) is 21.9. The highest BCUT2D eigenvalue weighted by Gasteiger charge is 2.27. The average Bonchev–Trinajstić information content (AvgIpc) is 2.76. The summed E-state index contributed by atoms with van der Waals surface area (Å²) in [5.41, 5.74) is 0.222. The lowest BCUT2D eigenvalue weighted by Gasteiger charge is -2.25. The van der Waals surface area contributed by atoms with Crippen LogP contribution in [0.4, 0.5) is 20.6 Å². The van der Waals surface area contributed by atoms with Crippen molar-refractivity contribution in [3.8, 4) is 16.9 Å². The molecule has 0 saturated carbocycles. The van der Waals surface area contributed by atoms with Gasteiger partial charge in [-0.05, 0) is 30.7 Å². The number of aromatic hydroxyl groups is 1. The van der Waals surface area contributed by atoms with Crippen molar-refractivity contribution in [2.75, 3.05) is 11.4 Å². The van der Waals surface area contributed by atoms with Crippen molar-refractivity contribution >= 4 is 23.4 Å². The van der Waals surface area contributed by atoms with Crippen LogP contribution in [0, 0.1) is 12.7 Å². The monoisotopic (exact) mass is 439 g/mol. The Morgan fingerprint density at radius 2 is 1.84 bits per heavy atom. The third kappa shape index (κ3) is 4.61. The molecule has 0 atom stereocenters. The second-order valence-electron chi connectivity index (χ2n) is 7.17. The van der Waals surface area contributed by atoms with Crippen molar-refractivity contribution in [1.29, 1.82) is 0 Å². The van der Waals surface area contributed by atoms with Gasteiger partial charge in [0.1, 0.15) is 11.6 Å². The number of pyridine rings is 1. The Morgan fingerprint density at radius 1 is 1.16 bits per heavy atom. The first kappa shape index (κ1) is 22.5. The standard InChI is InChI=1S/C23H22FN3O5/c1-14-13-26(2)22(31)20(21(14)30)27(23(32)25-11-10-19(28)29)16-8-9-18(24)17(12-16)15-6-4-3-5-7-15/h3-9,12-13,30H,10-11H2,1-2H3,(H,25,32)(H,28,29). The normalized spacial score (nSPS) is 10.6. The van der Waals surface area contributed by atoms with Crippen molar-refractivity contribution in [3.05, 3.63) is 76.5 Å². The van der Waals surface area contributed by atoms with E-state index in [1.165, 1.54) is 29.9 Å². The molecule has 0 aliphatic carbocycles. The number of urea groups is 1. The minimum atomic E-state index is -1.11. The Bertz CT molecular complexity index is 1220. The summed E-state index contributed by atoms with van der Waals surface area (Å²) in [6.45, 7) is 1.36. The van der Waals surface area contributed by atoms with Gasteiger partial charge >= 0.3 is 12.0 Å². The molecule has 2 aromatic carbocycles. The Kier molecular flexibility index (Phi) is 6.58. The number of carboxylic acids is 1. The van der Waals surface area contributed by atoms with E-state index in [1.54, 1.807) is 37.3 Å². The fraction of sp³-hybridized carbons (Fsp3) is 0.174. The van der Waals surface area contributed by atoms with Gasteiger partial charge in [-0.3, -0.25) is 14.5 Å². The Balaban J connectivity index is 2.18. The molecule has 0 aliphatic heterocycles. The van der Waals surface area contributed by atoms with Gasteiger partial charge in [0, 0.05) is 30.9 Å². The van der Waals surface area contributed by atoms with Gasteiger partial charge in [0.25, 0.3) is 5.56 Å². The topological polar surface area (TPSA) is 112 Å². The zero-order chi connectivity index (χ0) is 23.4. The van der Waals surface area contributed by atoms with Crippen molar-refractivity contribution in [2.24, 2.45) is 7.05 Å². The molecule has 0 radical (unpaired) electrons. The third-order valence-electron chi connectivity index (χ3n) is 4.84. The second kappa shape index (κ2) is 9.34. The first-order valence-electron chi connectivity index (χ1n) is 9.74. The summed E-state index contributed by atoms with van der Waals surface area (Å²) in [4.78, 5) is 37.7. The molecule has 32 heavy (non-hydrogen) atoms. The van der Waals surface area contributed by atoms with Gasteiger partial charge in [-0.2, -0.15) is 0 Å². The van der Waals surface area contributed by atoms with Crippen LogP contribution in [0.25, 0.3) is 11.1 Å². The number of carboxylic acid groups (broad SMARTS) is 1. The maximum absolute atomic E-state index is 14.6. The van der Waals surface area contributed by atoms with Crippen LogP contribution in [0.15, 0.2) is 59.5 Å². The molecule has 1 aromatic heterocycles. The molecule has 0 spiro atoms. The molecule has 3 rings (SSSR count). The molecular weight excluding hydrogens is 417 g/mol. The molecule has 3 aromatic rings. The number of anilines is 2. The number of hydrogen-bond acceptors (Lipinski definition) is 4. The van der Waals surface area contributed by atoms with Gasteiger partial charge < -0.3 is 20.1 Å². The van der Waals surface area contributed by atoms with Crippen LogP contribution in [-0.2, 0) is 11.8 Å². The summed E-state index contributed by atoms with van der Waals surface area (Å²) in [6.07, 6.45) is 1.08. The molecule has 9 heteroatoms. The van der Waals surface area contributed by atoms with Crippen LogP contribution in [-0.4, -0.2) is 33.3 Å². The number of aliphatic carboxylic acids is 1. The van der Waals surface area contributed by atoms with Gasteiger partial charge in [0.2, 0.25) is 0 Å². The van der Waals surface area contributed by atoms with Crippen LogP contribution in [0.2, 0.25) is 0 Å². The molecule has 0 bridgehead atoms. The van der Waals surface area contributed by atoms with E-state index in [4.69, 9.17) is 5.11 Å². The van der Waals surface area contributed by atoms with Crippen molar-refractivity contribution in [3.63, 3.8) is 0 Å². The maximum Gasteiger partial charge on any atom is 0.326 e. The van der Waals surface area contributed by atoms with Crippen LogP contribution in [0.3, 0.4) is 0 Å². The van der Waals surface area contributed by atoms with Crippen LogP contribution in [0.5, 0.6) is 5.75 Å².